The van der Waals surface area contributed by atoms with Gasteiger partial charge in [0.05, 0.1) is 6.61 Å². The maximum Gasteiger partial charge on any atom is 0.261 e. The average molecular weight is 431 g/mol. The molecule has 0 saturated carbocycles. The van der Waals surface area contributed by atoms with Gasteiger partial charge in [-0.2, -0.15) is 0 Å². The quantitative estimate of drug-likeness (QED) is 0.704. The molecule has 31 heavy (non-hydrogen) atoms. The van der Waals surface area contributed by atoms with E-state index in [1.165, 1.54) is 24.1 Å². The number of likely N-dealkylation sites (N-methyl/N-ethyl adjacent to an activating group) is 1. The van der Waals surface area contributed by atoms with Crippen LogP contribution < -0.4 is 10.5 Å². The predicted octanol–water partition coefficient (Wildman–Crippen LogP) is 3.08. The normalized spacial score (nSPS) is 27.4. The van der Waals surface area contributed by atoms with Gasteiger partial charge >= 0.3 is 0 Å². The van der Waals surface area contributed by atoms with Crippen LogP contribution in [0.4, 0.5) is 13.2 Å². The van der Waals surface area contributed by atoms with Crippen molar-refractivity contribution in [2.75, 3.05) is 20.3 Å². The Bertz CT molecular complexity index is 1130. The van der Waals surface area contributed by atoms with Crippen molar-refractivity contribution in [2.45, 2.75) is 30.4 Å². The highest BCUT2D eigenvalue weighted by Crippen LogP contribution is 2.52. The molecule has 0 bridgehead atoms. The minimum atomic E-state index is -1.38. The van der Waals surface area contributed by atoms with Gasteiger partial charge in [0.1, 0.15) is 17.2 Å². The molecule has 2 aromatic rings. The summed E-state index contributed by atoms with van der Waals surface area (Å²) in [5.41, 5.74) is 4.17. The minimum Gasteiger partial charge on any atom is -0.484 e. The molecule has 3 heterocycles. The Balaban J connectivity index is 1.71. The fourth-order valence-corrected chi connectivity index (χ4v) is 4.74. The van der Waals surface area contributed by atoms with Gasteiger partial charge in [-0.05, 0) is 36.6 Å². The van der Waals surface area contributed by atoms with E-state index in [1.54, 1.807) is 6.07 Å². The van der Waals surface area contributed by atoms with E-state index < -0.39 is 28.6 Å². The Morgan fingerprint density at radius 1 is 1.19 bits per heavy atom. The molecule has 0 radical (unpaired) electrons. The van der Waals surface area contributed by atoms with Crippen LogP contribution in [0.15, 0.2) is 35.3 Å². The zero-order valence-corrected chi connectivity index (χ0v) is 16.8. The first-order valence-corrected chi connectivity index (χ1v) is 9.94. The van der Waals surface area contributed by atoms with E-state index in [4.69, 9.17) is 15.2 Å². The van der Waals surface area contributed by atoms with Crippen molar-refractivity contribution in [3.8, 4) is 16.9 Å². The molecule has 1 amide bonds. The third kappa shape index (κ3) is 2.90. The van der Waals surface area contributed by atoms with Crippen molar-refractivity contribution < 1.29 is 27.4 Å². The summed E-state index contributed by atoms with van der Waals surface area (Å²) in [7, 11) is 1.53. The molecule has 1 fully saturated rings. The highest BCUT2D eigenvalue weighted by molar-refractivity contribution is 6.07. The maximum atomic E-state index is 14.4. The third-order valence-electron chi connectivity index (χ3n) is 6.23. The first-order chi connectivity index (χ1) is 14.7. The molecule has 1 saturated heterocycles. The number of ether oxygens (including phenoxy) is 2. The molecule has 3 aliphatic rings. The van der Waals surface area contributed by atoms with Crippen LogP contribution in [0.3, 0.4) is 0 Å². The van der Waals surface area contributed by atoms with Crippen molar-refractivity contribution >= 4 is 11.9 Å². The first kappa shape index (κ1) is 19.9. The molecule has 2 N–H and O–H groups in total. The SMILES string of the molecule is CN1C(=O)[C@@]2(C[C@@]3(CCCOC3)Oc3ccc(-c4cc(F)cc(F)c4F)cc32)N=C1N. The maximum absolute atomic E-state index is 14.4. The van der Waals surface area contributed by atoms with Crippen LogP contribution in [0.2, 0.25) is 0 Å². The highest BCUT2D eigenvalue weighted by Gasteiger charge is 2.58. The van der Waals surface area contributed by atoms with Gasteiger partial charge < -0.3 is 15.2 Å². The van der Waals surface area contributed by atoms with E-state index in [9.17, 15) is 18.0 Å². The molecule has 5 rings (SSSR count). The van der Waals surface area contributed by atoms with E-state index >= 15 is 0 Å². The number of rotatable bonds is 1. The first-order valence-electron chi connectivity index (χ1n) is 9.94. The van der Waals surface area contributed by atoms with Crippen LogP contribution in [0.1, 0.15) is 24.8 Å². The van der Waals surface area contributed by atoms with Crippen molar-refractivity contribution in [1.29, 1.82) is 0 Å². The summed E-state index contributed by atoms with van der Waals surface area (Å²) >= 11 is 0. The molecule has 2 atom stereocenters. The van der Waals surface area contributed by atoms with Gasteiger partial charge in [0.2, 0.25) is 0 Å². The van der Waals surface area contributed by atoms with Crippen molar-refractivity contribution in [3.05, 3.63) is 53.3 Å². The molecule has 0 aliphatic carbocycles. The van der Waals surface area contributed by atoms with E-state index in [-0.39, 0.29) is 29.4 Å². The smallest absolute Gasteiger partial charge is 0.261 e. The number of benzene rings is 2. The van der Waals surface area contributed by atoms with E-state index in [0.717, 1.165) is 12.5 Å². The van der Waals surface area contributed by atoms with Crippen LogP contribution in [0.25, 0.3) is 11.1 Å². The molecule has 9 heteroatoms. The predicted molar refractivity (Wildman–Crippen MR) is 106 cm³/mol. The second-order valence-electron chi connectivity index (χ2n) is 8.27. The summed E-state index contributed by atoms with van der Waals surface area (Å²) in [4.78, 5) is 19.1. The highest BCUT2D eigenvalue weighted by atomic mass is 19.2. The van der Waals surface area contributed by atoms with Crippen molar-refractivity contribution in [3.63, 3.8) is 0 Å². The third-order valence-corrected chi connectivity index (χ3v) is 6.23. The summed E-state index contributed by atoms with van der Waals surface area (Å²) in [5.74, 6) is -3.29. The van der Waals surface area contributed by atoms with Gasteiger partial charge in [0, 0.05) is 37.3 Å². The van der Waals surface area contributed by atoms with Crippen LogP contribution in [-0.2, 0) is 15.1 Å². The summed E-state index contributed by atoms with van der Waals surface area (Å²) in [6.07, 6.45) is 1.63. The number of hydrogen-bond acceptors (Lipinski definition) is 5. The Morgan fingerprint density at radius 2 is 2.00 bits per heavy atom. The summed E-state index contributed by atoms with van der Waals surface area (Å²) in [5, 5.41) is 0. The summed E-state index contributed by atoms with van der Waals surface area (Å²) in [6, 6.07) is 5.96. The van der Waals surface area contributed by atoms with Crippen LogP contribution >= 0.6 is 0 Å². The number of hydrogen-bond donors (Lipinski definition) is 1. The monoisotopic (exact) mass is 431 g/mol. The van der Waals surface area contributed by atoms with Gasteiger partial charge in [-0.15, -0.1) is 0 Å². The standard InChI is InChI=1S/C22H20F3N3O3/c1-28-19(29)22(27-20(28)26)10-21(5-2-6-30-11-21)31-17-4-3-12(7-15(17)22)14-8-13(23)9-16(24)18(14)25/h3-4,7-9H,2,5-6,10-11H2,1H3,(H2,26,27)/t21-,22+/m1/s1. The Labute approximate surface area is 176 Å². The lowest BCUT2D eigenvalue weighted by molar-refractivity contribution is -0.139. The Hall–Kier alpha value is -3.07. The van der Waals surface area contributed by atoms with E-state index in [0.29, 0.717) is 37.0 Å². The van der Waals surface area contributed by atoms with Crippen LogP contribution in [-0.4, -0.2) is 42.6 Å². The molecule has 2 aromatic carbocycles. The second-order valence-corrected chi connectivity index (χ2v) is 8.27. The Morgan fingerprint density at radius 3 is 2.68 bits per heavy atom. The number of guanidine groups is 1. The second kappa shape index (κ2) is 6.71. The number of fused-ring (bicyclic) bond motifs is 2. The number of aliphatic imine (C=N–C) groups is 1. The van der Waals surface area contributed by atoms with Gasteiger partial charge in [0.25, 0.3) is 5.91 Å². The molecular weight excluding hydrogens is 411 g/mol. The number of nitrogens with zero attached hydrogens (tertiary/aromatic N) is 2. The zero-order valence-electron chi connectivity index (χ0n) is 16.8. The van der Waals surface area contributed by atoms with E-state index in [1.807, 2.05) is 0 Å². The van der Waals surface area contributed by atoms with Gasteiger partial charge in [-0.1, -0.05) is 6.07 Å². The van der Waals surface area contributed by atoms with Gasteiger partial charge in [-0.3, -0.25) is 9.69 Å². The molecule has 0 aromatic heterocycles. The fourth-order valence-electron chi connectivity index (χ4n) is 4.74. The molecule has 0 unspecified atom stereocenters. The van der Waals surface area contributed by atoms with E-state index in [2.05, 4.69) is 4.99 Å². The number of halogens is 3. The lowest BCUT2D eigenvalue weighted by atomic mass is 9.74. The minimum absolute atomic E-state index is 0.0538. The van der Waals surface area contributed by atoms with Crippen molar-refractivity contribution in [2.24, 2.45) is 10.7 Å². The number of nitrogens with two attached hydrogens (primary N) is 1. The topological polar surface area (TPSA) is 77.2 Å². The molecule has 3 aliphatic heterocycles. The molecule has 162 valence electrons. The molecule has 2 spiro atoms. The average Bonchev–Trinajstić information content (AvgIpc) is 2.95. The fraction of sp³-hybridized carbons (Fsp3) is 0.364. The lowest BCUT2D eigenvalue weighted by Gasteiger charge is -2.46. The zero-order chi connectivity index (χ0) is 22.0. The van der Waals surface area contributed by atoms with Gasteiger partial charge in [-0.25, -0.2) is 18.2 Å². The number of carbonyl (C=O) groups is 1. The van der Waals surface area contributed by atoms with Crippen molar-refractivity contribution in [1.82, 2.24) is 4.90 Å². The summed E-state index contributed by atoms with van der Waals surface area (Å²) in [6.45, 7) is 0.902. The Kier molecular flexibility index (Phi) is 4.30. The lowest BCUT2D eigenvalue weighted by Crippen LogP contribution is -2.55. The molecule has 6 nitrogen and oxygen atoms in total. The number of carbonyl (C=O) groups excluding carboxylic acids is 1. The largest absolute Gasteiger partial charge is 0.484 e. The van der Waals surface area contributed by atoms with Crippen LogP contribution in [0, 0.1) is 17.5 Å². The van der Waals surface area contributed by atoms with Crippen LogP contribution in [0.5, 0.6) is 5.75 Å². The summed E-state index contributed by atoms with van der Waals surface area (Å²) < 4.78 is 54.0. The molecular formula is C22H20F3N3O3. The number of amides is 1. The van der Waals surface area contributed by atoms with Gasteiger partial charge in [0.15, 0.2) is 23.1 Å².